The van der Waals surface area contributed by atoms with Crippen molar-refractivity contribution in [2.45, 2.75) is 37.8 Å². The van der Waals surface area contributed by atoms with Gasteiger partial charge in [0.15, 0.2) is 0 Å². The summed E-state index contributed by atoms with van der Waals surface area (Å²) in [6.07, 6.45) is 1.88. The predicted molar refractivity (Wildman–Crippen MR) is 90.1 cm³/mol. The van der Waals surface area contributed by atoms with Crippen LogP contribution in [-0.2, 0) is 22.1 Å². The zero-order valence-corrected chi connectivity index (χ0v) is 15.0. The van der Waals surface area contributed by atoms with Crippen molar-refractivity contribution in [2.75, 3.05) is 0 Å². The fourth-order valence-electron chi connectivity index (χ4n) is 2.29. The lowest BCUT2D eigenvalue weighted by Gasteiger charge is -2.15. The van der Waals surface area contributed by atoms with Gasteiger partial charge in [-0.15, -0.1) is 0 Å². The lowest BCUT2D eigenvalue weighted by Crippen LogP contribution is -2.31. The van der Waals surface area contributed by atoms with Gasteiger partial charge in [-0.25, -0.2) is 14.1 Å². The number of hydrogen-bond donors (Lipinski definition) is 0. The zero-order valence-electron chi connectivity index (χ0n) is 12.6. The number of hydrogen-bond acceptors (Lipinski definition) is 6. The van der Waals surface area contributed by atoms with Crippen molar-refractivity contribution in [3.8, 4) is 0 Å². The maximum atomic E-state index is 14.2. The fraction of sp³-hybridized carbons (Fsp3) is 0.357. The molecule has 0 bridgehead atoms. The van der Waals surface area contributed by atoms with Crippen LogP contribution in [0.15, 0.2) is 26.8 Å². The van der Waals surface area contributed by atoms with E-state index in [0.29, 0.717) is 22.8 Å². The molecule has 10 heteroatoms. The van der Waals surface area contributed by atoms with Crippen molar-refractivity contribution in [3.05, 3.63) is 37.4 Å². The van der Waals surface area contributed by atoms with E-state index in [-0.39, 0.29) is 15.6 Å². The van der Waals surface area contributed by atoms with Gasteiger partial charge in [0.05, 0.1) is 22.0 Å². The summed E-state index contributed by atoms with van der Waals surface area (Å²) >= 11 is 7.67. The van der Waals surface area contributed by atoms with Crippen molar-refractivity contribution >= 4 is 46.6 Å². The van der Waals surface area contributed by atoms with Crippen molar-refractivity contribution in [2.24, 2.45) is 4.99 Å². The van der Waals surface area contributed by atoms with E-state index in [1.807, 2.05) is 0 Å². The quantitative estimate of drug-likeness (QED) is 0.756. The molecule has 24 heavy (non-hydrogen) atoms. The minimum Gasteiger partial charge on any atom is -0.386 e. The Labute approximate surface area is 149 Å². The summed E-state index contributed by atoms with van der Waals surface area (Å²) in [5, 5.41) is 0.123. The van der Waals surface area contributed by atoms with Gasteiger partial charge in [0.1, 0.15) is 11.5 Å². The van der Waals surface area contributed by atoms with Gasteiger partial charge in [0, 0.05) is 20.0 Å². The second kappa shape index (κ2) is 7.12. The Bertz CT molecular complexity index is 919. The lowest BCUT2D eigenvalue weighted by atomic mass is 10.3. The van der Waals surface area contributed by atoms with E-state index in [1.165, 1.54) is 13.0 Å². The van der Waals surface area contributed by atoms with E-state index < -0.39 is 11.8 Å². The number of carbonyl (C=O) groups is 1. The topological polar surface area (TPSA) is 65.6 Å². The largest absolute Gasteiger partial charge is 0.386 e. The third-order valence-corrected chi connectivity index (χ3v) is 5.49. The third-order valence-electron chi connectivity index (χ3n) is 3.36. The van der Waals surface area contributed by atoms with Crippen LogP contribution in [0.2, 0.25) is 5.02 Å². The number of benzene rings is 1. The second-order valence-electron chi connectivity index (χ2n) is 5.11. The Kier molecular flexibility index (Phi) is 5.12. The molecule has 2 heterocycles. The van der Waals surface area contributed by atoms with Crippen LogP contribution in [-0.4, -0.2) is 15.3 Å². The van der Waals surface area contributed by atoms with Crippen LogP contribution < -0.4 is 9.67 Å². The summed E-state index contributed by atoms with van der Waals surface area (Å²) in [6, 6.07) is 2.51. The molecule has 0 atom stereocenters. The molecule has 0 saturated carbocycles. The summed E-state index contributed by atoms with van der Waals surface area (Å²) in [6.45, 7) is 2.57. The Morgan fingerprint density at radius 1 is 1.38 bits per heavy atom. The first-order valence-corrected chi connectivity index (χ1v) is 9.09. The first-order valence-electron chi connectivity index (χ1n) is 7.15. The van der Waals surface area contributed by atoms with Crippen molar-refractivity contribution in [1.29, 1.82) is 0 Å². The number of rotatable bonds is 3. The molecular formula is C14H13ClFN3O3S2. The van der Waals surface area contributed by atoms with Gasteiger partial charge in [0.25, 0.3) is 0 Å². The molecule has 0 amide bonds. The highest BCUT2D eigenvalue weighted by Crippen LogP contribution is 2.33. The molecule has 0 unspecified atom stereocenters. The van der Waals surface area contributed by atoms with Gasteiger partial charge in [-0.1, -0.05) is 11.6 Å². The molecule has 0 saturated heterocycles. The van der Waals surface area contributed by atoms with Crippen LogP contribution in [0, 0.1) is 5.82 Å². The van der Waals surface area contributed by atoms with Crippen LogP contribution >= 0.6 is 35.0 Å². The van der Waals surface area contributed by atoms with Gasteiger partial charge < -0.3 is 4.18 Å². The van der Waals surface area contributed by atoms with Crippen molar-refractivity contribution in [3.63, 3.8) is 0 Å². The number of halogens is 2. The Hall–Kier alpha value is -1.58. The van der Waals surface area contributed by atoms with E-state index in [4.69, 9.17) is 15.8 Å². The summed E-state index contributed by atoms with van der Waals surface area (Å²) in [4.78, 5) is 27.9. The van der Waals surface area contributed by atoms with Crippen LogP contribution in [0.5, 0.6) is 0 Å². The highest BCUT2D eigenvalue weighted by Gasteiger charge is 2.15. The summed E-state index contributed by atoms with van der Waals surface area (Å²) in [7, 11) is 0. The molecule has 6 nitrogen and oxygen atoms in total. The second-order valence-corrected chi connectivity index (χ2v) is 7.21. The molecule has 2 aromatic rings. The molecule has 3 rings (SSSR count). The van der Waals surface area contributed by atoms with E-state index >= 15 is 0 Å². The zero-order chi connectivity index (χ0) is 17.3. The Balaban J connectivity index is 2.05. The van der Waals surface area contributed by atoms with Gasteiger partial charge in [-0.05, 0) is 36.3 Å². The van der Waals surface area contributed by atoms with E-state index in [2.05, 4.69) is 4.99 Å². The summed E-state index contributed by atoms with van der Waals surface area (Å²) in [5.41, 5.74) is 0.0387. The molecule has 0 N–H and O–H groups in total. The Morgan fingerprint density at radius 3 is 2.79 bits per heavy atom. The molecule has 0 radical (unpaired) electrons. The Morgan fingerprint density at radius 2 is 2.08 bits per heavy atom. The number of aromatic nitrogens is 2. The van der Waals surface area contributed by atoms with E-state index in [1.54, 1.807) is 9.36 Å². The van der Waals surface area contributed by atoms with Crippen LogP contribution in [0.25, 0.3) is 0 Å². The molecule has 1 aliphatic heterocycles. The minimum absolute atomic E-state index is 0.0387. The molecule has 1 aliphatic rings. The molecule has 0 aliphatic carbocycles. The van der Waals surface area contributed by atoms with Gasteiger partial charge >= 0.3 is 10.8 Å². The van der Waals surface area contributed by atoms with Gasteiger partial charge in [-0.3, -0.25) is 14.3 Å². The summed E-state index contributed by atoms with van der Waals surface area (Å²) in [5.74, 6) is -1.10. The highest BCUT2D eigenvalue weighted by molar-refractivity contribution is 7.95. The highest BCUT2D eigenvalue weighted by atomic mass is 35.5. The average molecular weight is 390 g/mol. The predicted octanol–water partition coefficient (Wildman–Crippen LogP) is 3.10. The van der Waals surface area contributed by atoms with Crippen LogP contribution in [0.1, 0.15) is 19.8 Å². The summed E-state index contributed by atoms with van der Waals surface area (Å²) < 4.78 is 22.4. The lowest BCUT2D eigenvalue weighted by molar-refractivity contribution is -0.130. The third kappa shape index (κ3) is 3.57. The molecular weight excluding hydrogens is 377 g/mol. The first kappa shape index (κ1) is 17.2. The molecule has 128 valence electrons. The van der Waals surface area contributed by atoms with E-state index in [0.717, 1.165) is 42.3 Å². The maximum Gasteiger partial charge on any atom is 0.325 e. The molecule has 1 aromatic carbocycles. The van der Waals surface area contributed by atoms with Crippen LogP contribution in [0.4, 0.5) is 10.1 Å². The van der Waals surface area contributed by atoms with Gasteiger partial charge in [0.2, 0.25) is 4.80 Å². The number of fused-ring (bicyclic) bond motifs is 1. The molecule has 0 spiro atoms. The number of carbonyl (C=O) groups excluding carboxylic acids is 1. The smallest absolute Gasteiger partial charge is 0.325 e. The molecule has 0 fully saturated rings. The minimum atomic E-state index is -0.608. The van der Waals surface area contributed by atoms with Gasteiger partial charge in [-0.2, -0.15) is 0 Å². The molecule has 1 aromatic heterocycles. The van der Waals surface area contributed by atoms with Crippen LogP contribution in [0.3, 0.4) is 0 Å². The monoisotopic (exact) mass is 389 g/mol. The maximum absolute atomic E-state index is 14.2. The van der Waals surface area contributed by atoms with E-state index in [9.17, 15) is 14.0 Å². The number of nitrogens with zero attached hydrogens (tertiary/aromatic N) is 3. The van der Waals surface area contributed by atoms with Crippen molar-refractivity contribution < 1.29 is 13.4 Å². The normalized spacial score (nSPS) is 14.5. The van der Waals surface area contributed by atoms with Crippen molar-refractivity contribution in [1.82, 2.24) is 9.36 Å². The average Bonchev–Trinajstić information content (AvgIpc) is 2.85. The standard InChI is InChI=1S/C14H13ClFN3O3S2/c1-8(20)22-24-12-7-11(10(16)6-9(12)15)17-13-18-4-2-3-5-19(18)14(21)23-13/h6-7H,2-5H2,1H3/b17-13-. The first-order chi connectivity index (χ1) is 11.5. The SMILES string of the molecule is CC(=O)OSc1cc(/N=c2\sc(=O)n3n2CCCC3)c(F)cc1Cl. The fourth-order valence-corrected chi connectivity index (χ4v) is 3.93.